The van der Waals surface area contributed by atoms with Crippen LogP contribution in [-0.2, 0) is 10.0 Å². The topological polar surface area (TPSA) is 123 Å². The zero-order chi connectivity index (χ0) is 25.8. The van der Waals surface area contributed by atoms with Crippen molar-refractivity contribution in [2.75, 3.05) is 24.7 Å². The summed E-state index contributed by atoms with van der Waals surface area (Å²) >= 11 is 0. The van der Waals surface area contributed by atoms with E-state index in [9.17, 15) is 30.4 Å². The monoisotopic (exact) mass is 522 g/mol. The fraction of sp³-hybridized carbons (Fsp3) is 0.368. The Hall–Kier alpha value is -3.40. The average Bonchev–Trinajstić information content (AvgIpc) is 3.29. The van der Waals surface area contributed by atoms with E-state index in [2.05, 4.69) is 30.2 Å². The Morgan fingerprint density at radius 3 is 2.37 bits per heavy atom. The zero-order valence-corrected chi connectivity index (χ0v) is 19.0. The fourth-order valence-corrected chi connectivity index (χ4v) is 3.70. The van der Waals surface area contributed by atoms with Crippen molar-refractivity contribution in [1.82, 2.24) is 24.5 Å². The van der Waals surface area contributed by atoms with Crippen molar-refractivity contribution in [2.24, 2.45) is 0 Å². The minimum absolute atomic E-state index is 0.0732. The molecule has 10 nitrogen and oxygen atoms in total. The van der Waals surface area contributed by atoms with E-state index in [1.807, 2.05) is 0 Å². The number of hydrogen-bond donors (Lipinski definition) is 1. The van der Waals surface area contributed by atoms with E-state index in [0.29, 0.717) is 0 Å². The molecule has 2 heterocycles. The molecular weight excluding hydrogens is 503 g/mol. The van der Waals surface area contributed by atoms with Gasteiger partial charge >= 0.3 is 13.0 Å². The van der Waals surface area contributed by atoms with Gasteiger partial charge in [-0.2, -0.15) is 17.6 Å². The van der Waals surface area contributed by atoms with Gasteiger partial charge in [0.2, 0.25) is 16.0 Å². The lowest BCUT2D eigenvalue weighted by molar-refractivity contribution is -0.0500. The molecule has 190 valence electrons. The molecule has 0 aliphatic carbocycles. The number of ether oxygens (including phenoxy) is 1. The molecule has 0 aliphatic rings. The van der Waals surface area contributed by atoms with Gasteiger partial charge in [0.05, 0.1) is 17.4 Å². The highest BCUT2D eigenvalue weighted by molar-refractivity contribution is 7.89. The van der Waals surface area contributed by atoms with Gasteiger partial charge in [0.1, 0.15) is 11.6 Å². The summed E-state index contributed by atoms with van der Waals surface area (Å²) in [4.78, 5) is 8.00. The first-order chi connectivity index (χ1) is 16.5. The molecule has 35 heavy (non-hydrogen) atoms. The van der Waals surface area contributed by atoms with Crippen molar-refractivity contribution in [2.45, 2.75) is 26.0 Å². The first-order valence-electron chi connectivity index (χ1n) is 9.89. The maximum absolute atomic E-state index is 14.8. The smallest absolute Gasteiger partial charge is 0.387 e. The molecule has 1 atom stereocenters. The van der Waals surface area contributed by atoms with Crippen LogP contribution in [0.5, 0.6) is 5.75 Å². The molecule has 3 aromatic rings. The lowest BCUT2D eigenvalue weighted by atomic mass is 10.1. The van der Waals surface area contributed by atoms with Crippen molar-refractivity contribution in [3.63, 3.8) is 0 Å². The van der Waals surface area contributed by atoms with Gasteiger partial charge in [-0.1, -0.05) is 6.07 Å². The van der Waals surface area contributed by atoms with Crippen molar-refractivity contribution in [3.8, 4) is 17.2 Å². The highest BCUT2D eigenvalue weighted by Gasteiger charge is 2.25. The standard InChI is InChI=1S/C19H19F5N6O4S/c1-3-35(31,32)30(2)9-14(12-5-4-11(6-13(12)20)33-18(23)24)27-19-25-7-10(8-26-19)16-28-29-17(34-16)15(21)22/h4-8,14-15,18H,3,9H2,1-2H3,(H,25,26,27). The van der Waals surface area contributed by atoms with Crippen LogP contribution >= 0.6 is 0 Å². The van der Waals surface area contributed by atoms with Gasteiger partial charge < -0.3 is 14.5 Å². The van der Waals surface area contributed by atoms with Crippen LogP contribution in [0.3, 0.4) is 0 Å². The Kier molecular flexibility index (Phi) is 8.16. The molecule has 0 fully saturated rings. The van der Waals surface area contributed by atoms with Crippen LogP contribution in [0, 0.1) is 5.82 Å². The van der Waals surface area contributed by atoms with E-state index in [4.69, 9.17) is 4.42 Å². The number of rotatable bonds is 11. The first kappa shape index (κ1) is 26.2. The third kappa shape index (κ3) is 6.60. The maximum Gasteiger partial charge on any atom is 0.387 e. The quantitative estimate of drug-likeness (QED) is 0.376. The predicted octanol–water partition coefficient (Wildman–Crippen LogP) is 3.64. The minimum atomic E-state index is -3.66. The average molecular weight is 522 g/mol. The summed E-state index contributed by atoms with van der Waals surface area (Å²) in [6, 6.07) is 1.95. The molecule has 1 N–H and O–H groups in total. The Bertz CT molecular complexity index is 1240. The second-order valence-corrected chi connectivity index (χ2v) is 9.35. The normalized spacial score (nSPS) is 13.0. The second-order valence-electron chi connectivity index (χ2n) is 6.98. The van der Waals surface area contributed by atoms with Crippen LogP contribution < -0.4 is 10.1 Å². The molecule has 3 rings (SSSR count). The van der Waals surface area contributed by atoms with Crippen molar-refractivity contribution >= 4 is 16.0 Å². The zero-order valence-electron chi connectivity index (χ0n) is 18.2. The van der Waals surface area contributed by atoms with Crippen LogP contribution in [0.4, 0.5) is 27.9 Å². The van der Waals surface area contributed by atoms with Gasteiger partial charge in [-0.05, 0) is 13.0 Å². The lowest BCUT2D eigenvalue weighted by Gasteiger charge is -2.25. The summed E-state index contributed by atoms with van der Waals surface area (Å²) in [5, 5.41) is 9.46. The fourth-order valence-electron chi connectivity index (χ4n) is 2.89. The second kappa shape index (κ2) is 10.9. The number of nitrogens with zero attached hydrogens (tertiary/aromatic N) is 5. The third-order valence-electron chi connectivity index (χ3n) is 4.68. The van der Waals surface area contributed by atoms with Gasteiger partial charge in [-0.15, -0.1) is 10.2 Å². The van der Waals surface area contributed by atoms with Crippen molar-refractivity contribution in [1.29, 1.82) is 0 Å². The molecule has 2 aromatic heterocycles. The van der Waals surface area contributed by atoms with Crippen LogP contribution in [-0.4, -0.2) is 58.8 Å². The summed E-state index contributed by atoms with van der Waals surface area (Å²) in [5.74, 6) is -2.78. The molecule has 0 aliphatic heterocycles. The van der Waals surface area contributed by atoms with Gasteiger partial charge in [0, 0.05) is 37.6 Å². The largest absolute Gasteiger partial charge is 0.435 e. The molecule has 0 bridgehead atoms. The molecule has 1 aromatic carbocycles. The van der Waals surface area contributed by atoms with E-state index in [1.165, 1.54) is 26.4 Å². The van der Waals surface area contributed by atoms with E-state index in [1.54, 1.807) is 0 Å². The Morgan fingerprint density at radius 1 is 1.14 bits per heavy atom. The maximum atomic E-state index is 14.8. The summed E-state index contributed by atoms with van der Waals surface area (Å²) < 4.78 is 99.4. The molecule has 0 saturated carbocycles. The van der Waals surface area contributed by atoms with Gasteiger partial charge in [-0.3, -0.25) is 0 Å². The summed E-state index contributed by atoms with van der Waals surface area (Å²) in [5.41, 5.74) is 0.0489. The lowest BCUT2D eigenvalue weighted by Crippen LogP contribution is -2.35. The first-order valence-corrected chi connectivity index (χ1v) is 11.5. The number of hydrogen-bond acceptors (Lipinski definition) is 9. The molecule has 16 heteroatoms. The van der Waals surface area contributed by atoms with Gasteiger partial charge in [-0.25, -0.2) is 27.1 Å². The van der Waals surface area contributed by atoms with E-state index in [0.717, 1.165) is 22.5 Å². The SMILES string of the molecule is CCS(=O)(=O)N(C)CC(Nc1ncc(-c2nnc(C(F)F)o2)cn1)c1ccc(OC(F)F)cc1F. The minimum Gasteiger partial charge on any atom is -0.435 e. The third-order valence-corrected chi connectivity index (χ3v) is 6.51. The number of benzene rings is 1. The summed E-state index contributed by atoms with van der Waals surface area (Å²) in [6.45, 7) is -1.99. The van der Waals surface area contributed by atoms with Crippen molar-refractivity contribution < 1.29 is 39.5 Å². The van der Waals surface area contributed by atoms with Crippen LogP contribution in [0.15, 0.2) is 35.0 Å². The van der Waals surface area contributed by atoms with Gasteiger partial charge in [0.25, 0.3) is 11.8 Å². The molecule has 0 spiro atoms. The molecular formula is C19H19F5N6O4S. The Balaban J connectivity index is 1.88. The van der Waals surface area contributed by atoms with Crippen LogP contribution in [0.2, 0.25) is 0 Å². The number of nitrogens with one attached hydrogen (secondary N) is 1. The molecule has 0 amide bonds. The van der Waals surface area contributed by atoms with E-state index < -0.39 is 46.6 Å². The highest BCUT2D eigenvalue weighted by atomic mass is 32.2. The van der Waals surface area contributed by atoms with E-state index in [-0.39, 0.29) is 35.3 Å². The number of alkyl halides is 4. The number of likely N-dealkylation sites (N-methyl/N-ethyl adjacent to an activating group) is 1. The molecule has 0 radical (unpaired) electrons. The number of sulfonamides is 1. The summed E-state index contributed by atoms with van der Waals surface area (Å²) in [6.07, 6.45) is -0.600. The van der Waals surface area contributed by atoms with Crippen molar-refractivity contribution in [3.05, 3.63) is 47.9 Å². The van der Waals surface area contributed by atoms with Gasteiger partial charge in [0.15, 0.2) is 0 Å². The predicted molar refractivity (Wildman–Crippen MR) is 112 cm³/mol. The molecule has 0 saturated heterocycles. The van der Waals surface area contributed by atoms with E-state index >= 15 is 0 Å². The van der Waals surface area contributed by atoms with Crippen LogP contribution in [0.1, 0.15) is 30.8 Å². The Labute approximate surface area is 196 Å². The molecule has 1 unspecified atom stereocenters. The Morgan fingerprint density at radius 2 is 1.83 bits per heavy atom. The highest BCUT2D eigenvalue weighted by Crippen LogP contribution is 2.27. The number of aromatic nitrogens is 4. The number of halogens is 5. The van der Waals surface area contributed by atoms with Crippen LogP contribution in [0.25, 0.3) is 11.5 Å². The number of anilines is 1. The summed E-state index contributed by atoms with van der Waals surface area (Å²) in [7, 11) is -2.37.